The van der Waals surface area contributed by atoms with E-state index in [-0.39, 0.29) is 5.56 Å². The summed E-state index contributed by atoms with van der Waals surface area (Å²) in [5.74, 6) is -0.384. The van der Waals surface area contributed by atoms with Crippen molar-refractivity contribution >= 4 is 17.0 Å². The second-order valence-electron chi connectivity index (χ2n) is 6.78. The van der Waals surface area contributed by atoms with Gasteiger partial charge in [-0.1, -0.05) is 32.9 Å². The highest BCUT2D eigenvalue weighted by molar-refractivity contribution is 5.92. The summed E-state index contributed by atoms with van der Waals surface area (Å²) < 4.78 is 1.89. The molecular weight excluding hydrogens is 254 g/mol. The van der Waals surface area contributed by atoms with Gasteiger partial charge in [-0.15, -0.1) is 5.10 Å². The molecule has 0 saturated heterocycles. The van der Waals surface area contributed by atoms with Crippen LogP contribution in [-0.4, -0.2) is 26.1 Å². The van der Waals surface area contributed by atoms with E-state index in [1.165, 1.54) is 0 Å². The minimum Gasteiger partial charge on any atom is -0.478 e. The molecule has 1 aliphatic rings. The smallest absolute Gasteiger partial charge is 0.335 e. The predicted octanol–water partition coefficient (Wildman–Crippen LogP) is 2.81. The number of carboxylic acid groups (broad SMARTS) is 1. The quantitative estimate of drug-likeness (QED) is 0.933. The zero-order valence-electron chi connectivity index (χ0n) is 12.2. The fourth-order valence-corrected chi connectivity index (χ4v) is 3.20. The largest absolute Gasteiger partial charge is 0.478 e. The molecule has 1 heterocycles. The van der Waals surface area contributed by atoms with Gasteiger partial charge in [-0.2, -0.15) is 0 Å². The summed E-state index contributed by atoms with van der Waals surface area (Å²) in [5, 5.41) is 17.3. The minimum atomic E-state index is -0.939. The van der Waals surface area contributed by atoms with Crippen LogP contribution < -0.4 is 0 Å². The van der Waals surface area contributed by atoms with Crippen molar-refractivity contribution in [2.75, 3.05) is 0 Å². The molecule has 2 aromatic rings. The van der Waals surface area contributed by atoms with E-state index in [1.54, 1.807) is 18.2 Å². The van der Waals surface area contributed by atoms with Crippen molar-refractivity contribution in [2.24, 2.45) is 16.7 Å². The third-order valence-electron chi connectivity index (χ3n) is 5.44. The van der Waals surface area contributed by atoms with E-state index in [1.807, 2.05) is 4.68 Å². The maximum absolute atomic E-state index is 11.0. The third kappa shape index (κ3) is 1.65. The van der Waals surface area contributed by atoms with Gasteiger partial charge in [0, 0.05) is 6.54 Å². The van der Waals surface area contributed by atoms with E-state index in [4.69, 9.17) is 5.11 Å². The first kappa shape index (κ1) is 13.1. The fourth-order valence-electron chi connectivity index (χ4n) is 3.20. The van der Waals surface area contributed by atoms with Gasteiger partial charge < -0.3 is 5.11 Å². The number of carbonyl (C=O) groups is 1. The van der Waals surface area contributed by atoms with Crippen molar-refractivity contribution < 1.29 is 9.90 Å². The van der Waals surface area contributed by atoms with Crippen LogP contribution in [0.25, 0.3) is 11.0 Å². The Balaban J connectivity index is 1.93. The number of nitrogens with zero attached hydrogens (tertiary/aromatic N) is 3. The molecule has 0 bridgehead atoms. The van der Waals surface area contributed by atoms with Crippen LogP contribution in [0.3, 0.4) is 0 Å². The van der Waals surface area contributed by atoms with Crippen molar-refractivity contribution in [2.45, 2.75) is 34.2 Å². The van der Waals surface area contributed by atoms with E-state index < -0.39 is 5.97 Å². The normalized spacial score (nSPS) is 20.2. The molecule has 0 unspecified atom stereocenters. The van der Waals surface area contributed by atoms with Crippen LogP contribution in [0, 0.1) is 16.7 Å². The summed E-state index contributed by atoms with van der Waals surface area (Å²) in [5.41, 5.74) is 2.38. The molecule has 5 heteroatoms. The summed E-state index contributed by atoms with van der Waals surface area (Å²) in [6.07, 6.45) is 0. The molecule has 0 aliphatic heterocycles. The highest BCUT2D eigenvalue weighted by atomic mass is 16.4. The Kier molecular flexibility index (Phi) is 2.49. The number of aromatic nitrogens is 3. The Morgan fingerprint density at radius 1 is 1.30 bits per heavy atom. The number of fused-ring (bicyclic) bond motifs is 1. The van der Waals surface area contributed by atoms with Gasteiger partial charge >= 0.3 is 5.97 Å². The monoisotopic (exact) mass is 273 g/mol. The van der Waals surface area contributed by atoms with Crippen LogP contribution in [0.5, 0.6) is 0 Å². The topological polar surface area (TPSA) is 68.0 Å². The average molecular weight is 273 g/mol. The first-order valence-corrected chi connectivity index (χ1v) is 6.81. The molecule has 1 N–H and O–H groups in total. The molecule has 20 heavy (non-hydrogen) atoms. The number of hydrogen-bond acceptors (Lipinski definition) is 3. The van der Waals surface area contributed by atoms with Crippen LogP contribution >= 0.6 is 0 Å². The third-order valence-corrected chi connectivity index (χ3v) is 5.44. The van der Waals surface area contributed by atoms with Crippen molar-refractivity contribution in [3.05, 3.63) is 23.8 Å². The molecule has 1 saturated carbocycles. The first-order chi connectivity index (χ1) is 9.25. The molecule has 0 radical (unpaired) electrons. The van der Waals surface area contributed by atoms with Crippen LogP contribution in [0.4, 0.5) is 0 Å². The zero-order chi connectivity index (χ0) is 14.7. The standard InChI is InChI=1S/C15H19N3O2/c1-14(2)12(15(14,3)4)8-18-11-6-5-9(13(19)20)7-10(11)16-17-18/h5-7,12H,8H2,1-4H3,(H,19,20). The Bertz CT molecular complexity index is 686. The van der Waals surface area contributed by atoms with Crippen LogP contribution in [-0.2, 0) is 6.54 Å². The summed E-state index contributed by atoms with van der Waals surface area (Å²) in [4.78, 5) is 11.0. The van der Waals surface area contributed by atoms with E-state index in [9.17, 15) is 4.79 Å². The van der Waals surface area contributed by atoms with Crippen molar-refractivity contribution in [3.63, 3.8) is 0 Å². The molecule has 1 fully saturated rings. The number of benzene rings is 1. The SMILES string of the molecule is CC1(C)C(Cn2nnc3cc(C(=O)O)ccc32)C1(C)C. The Hall–Kier alpha value is -1.91. The van der Waals surface area contributed by atoms with E-state index in [2.05, 4.69) is 38.0 Å². The van der Waals surface area contributed by atoms with Crippen molar-refractivity contribution in [1.29, 1.82) is 0 Å². The van der Waals surface area contributed by atoms with E-state index in [0.29, 0.717) is 22.3 Å². The lowest BCUT2D eigenvalue weighted by Gasteiger charge is -2.04. The molecule has 0 atom stereocenters. The lowest BCUT2D eigenvalue weighted by atomic mass is 10.0. The van der Waals surface area contributed by atoms with Crippen LogP contribution in [0.15, 0.2) is 18.2 Å². The maximum Gasteiger partial charge on any atom is 0.335 e. The predicted molar refractivity (Wildman–Crippen MR) is 75.5 cm³/mol. The molecule has 3 rings (SSSR count). The van der Waals surface area contributed by atoms with Crippen molar-refractivity contribution in [3.8, 4) is 0 Å². The first-order valence-electron chi connectivity index (χ1n) is 6.81. The summed E-state index contributed by atoms with van der Waals surface area (Å²) in [6.45, 7) is 9.93. The molecule has 1 aliphatic carbocycles. The lowest BCUT2D eigenvalue weighted by Crippen LogP contribution is -2.06. The number of carboxylic acids is 1. The maximum atomic E-state index is 11.0. The molecule has 1 aromatic heterocycles. The molecule has 5 nitrogen and oxygen atoms in total. The minimum absolute atomic E-state index is 0.247. The zero-order valence-corrected chi connectivity index (χ0v) is 12.2. The lowest BCUT2D eigenvalue weighted by molar-refractivity contribution is 0.0697. The number of hydrogen-bond donors (Lipinski definition) is 1. The highest BCUT2D eigenvalue weighted by Crippen LogP contribution is 2.68. The Morgan fingerprint density at radius 3 is 2.50 bits per heavy atom. The molecule has 1 aromatic carbocycles. The van der Waals surface area contributed by atoms with Gasteiger partial charge in [0.1, 0.15) is 5.52 Å². The molecule has 106 valence electrons. The van der Waals surface area contributed by atoms with Gasteiger partial charge in [0.25, 0.3) is 0 Å². The molecule has 0 amide bonds. The fraction of sp³-hybridized carbons (Fsp3) is 0.533. The van der Waals surface area contributed by atoms with Crippen LogP contribution in [0.2, 0.25) is 0 Å². The number of rotatable bonds is 3. The number of aromatic carboxylic acids is 1. The highest BCUT2D eigenvalue weighted by Gasteiger charge is 2.64. The summed E-state index contributed by atoms with van der Waals surface area (Å²) >= 11 is 0. The Morgan fingerprint density at radius 2 is 1.95 bits per heavy atom. The second-order valence-corrected chi connectivity index (χ2v) is 6.78. The molecule has 0 spiro atoms. The molecular formula is C15H19N3O2. The van der Waals surface area contributed by atoms with Gasteiger partial charge in [-0.05, 0) is 34.9 Å². The van der Waals surface area contributed by atoms with E-state index >= 15 is 0 Å². The van der Waals surface area contributed by atoms with E-state index in [0.717, 1.165) is 12.1 Å². The Labute approximate surface area is 117 Å². The van der Waals surface area contributed by atoms with Gasteiger partial charge in [-0.3, -0.25) is 0 Å². The van der Waals surface area contributed by atoms with Gasteiger partial charge in [0.2, 0.25) is 0 Å². The second kappa shape index (κ2) is 3.81. The summed E-state index contributed by atoms with van der Waals surface area (Å²) in [6, 6.07) is 4.97. The van der Waals surface area contributed by atoms with Gasteiger partial charge in [0.15, 0.2) is 0 Å². The van der Waals surface area contributed by atoms with Crippen LogP contribution in [0.1, 0.15) is 38.1 Å². The van der Waals surface area contributed by atoms with Gasteiger partial charge in [-0.25, -0.2) is 9.48 Å². The van der Waals surface area contributed by atoms with Crippen molar-refractivity contribution in [1.82, 2.24) is 15.0 Å². The average Bonchev–Trinajstić information content (AvgIpc) is 2.69. The summed E-state index contributed by atoms with van der Waals surface area (Å²) in [7, 11) is 0. The van der Waals surface area contributed by atoms with Gasteiger partial charge in [0.05, 0.1) is 11.1 Å².